The maximum absolute atomic E-state index is 12.3. The van der Waals surface area contributed by atoms with Crippen molar-refractivity contribution in [2.24, 2.45) is 0 Å². The van der Waals surface area contributed by atoms with Gasteiger partial charge in [0, 0.05) is 10.9 Å². The highest BCUT2D eigenvalue weighted by atomic mass is 32.1. The van der Waals surface area contributed by atoms with Crippen molar-refractivity contribution in [1.29, 1.82) is 0 Å². The number of hydrogen-bond donors (Lipinski definition) is 1. The molecule has 5 nitrogen and oxygen atoms in total. The first-order valence-corrected chi connectivity index (χ1v) is 8.63. The van der Waals surface area contributed by atoms with Gasteiger partial charge in [-0.05, 0) is 25.3 Å². The molecule has 0 fully saturated rings. The van der Waals surface area contributed by atoms with Crippen LogP contribution in [0.2, 0.25) is 0 Å². The van der Waals surface area contributed by atoms with E-state index in [1.165, 1.54) is 16.9 Å². The smallest absolute Gasteiger partial charge is 0.262 e. The Hall–Kier alpha value is -2.47. The number of aromatic nitrogens is 2. The van der Waals surface area contributed by atoms with Crippen LogP contribution < -0.4 is 5.32 Å². The third-order valence-electron chi connectivity index (χ3n) is 3.86. The van der Waals surface area contributed by atoms with Crippen LogP contribution in [0.15, 0.2) is 34.2 Å². The second-order valence-corrected chi connectivity index (χ2v) is 6.83. The number of carbonyl (C=O) groups excluding carboxylic acids is 1. The molecule has 1 aromatic carbocycles. The number of carbonyl (C=O) groups is 1. The number of hydrogen-bond acceptors (Lipinski definition) is 5. The summed E-state index contributed by atoms with van der Waals surface area (Å²) in [5, 5.41) is 9.11. The molecule has 0 atom stereocenters. The fourth-order valence-corrected chi connectivity index (χ4v) is 3.18. The van der Waals surface area contributed by atoms with Crippen molar-refractivity contribution in [2.75, 3.05) is 5.32 Å². The van der Waals surface area contributed by atoms with Gasteiger partial charge in [-0.3, -0.25) is 10.1 Å². The molecule has 24 heavy (non-hydrogen) atoms. The average Bonchev–Trinajstić information content (AvgIpc) is 3.14. The fourth-order valence-electron chi connectivity index (χ4n) is 2.47. The Balaban J connectivity index is 1.77. The molecule has 2 heterocycles. The topological polar surface area (TPSA) is 68.0 Å². The Kier molecular flexibility index (Phi) is 4.49. The minimum atomic E-state index is -0.248. The molecule has 0 spiro atoms. The predicted octanol–water partition coefficient (Wildman–Crippen LogP) is 4.79. The summed E-state index contributed by atoms with van der Waals surface area (Å²) in [6, 6.07) is 8.34. The molecule has 2 aromatic heterocycles. The van der Waals surface area contributed by atoms with Crippen LogP contribution in [0.25, 0.3) is 11.3 Å². The molecule has 0 unspecified atom stereocenters. The van der Waals surface area contributed by atoms with Gasteiger partial charge in [0.25, 0.3) is 5.91 Å². The largest absolute Gasteiger partial charge is 0.361 e. The van der Waals surface area contributed by atoms with Gasteiger partial charge in [-0.25, -0.2) is 4.98 Å². The van der Waals surface area contributed by atoms with Gasteiger partial charge in [-0.1, -0.05) is 43.3 Å². The van der Waals surface area contributed by atoms with Crippen LogP contribution in [0.1, 0.15) is 47.1 Å². The molecule has 0 radical (unpaired) electrons. The molecule has 0 saturated heterocycles. The molecule has 3 aromatic rings. The minimum absolute atomic E-state index is 0.248. The molecule has 0 aliphatic carbocycles. The van der Waals surface area contributed by atoms with Crippen LogP contribution in [-0.4, -0.2) is 16.0 Å². The summed E-state index contributed by atoms with van der Waals surface area (Å²) in [5.74, 6) is 0.757. The van der Waals surface area contributed by atoms with E-state index in [9.17, 15) is 4.79 Å². The quantitative estimate of drug-likeness (QED) is 0.741. The van der Waals surface area contributed by atoms with E-state index in [1.54, 1.807) is 13.8 Å². The van der Waals surface area contributed by atoms with E-state index in [-0.39, 0.29) is 5.91 Å². The van der Waals surface area contributed by atoms with E-state index in [4.69, 9.17) is 4.52 Å². The number of nitrogens with zero attached hydrogens (tertiary/aromatic N) is 2. The van der Waals surface area contributed by atoms with E-state index in [2.05, 4.69) is 53.6 Å². The summed E-state index contributed by atoms with van der Waals surface area (Å²) < 4.78 is 5.03. The molecule has 0 saturated carbocycles. The van der Waals surface area contributed by atoms with Gasteiger partial charge in [0.2, 0.25) is 0 Å². The summed E-state index contributed by atoms with van der Waals surface area (Å²) in [6.07, 6.45) is 0. The Labute approximate surface area is 144 Å². The predicted molar refractivity (Wildman–Crippen MR) is 95.6 cm³/mol. The number of anilines is 1. The third kappa shape index (κ3) is 3.23. The maximum atomic E-state index is 12.3. The summed E-state index contributed by atoms with van der Waals surface area (Å²) in [6.45, 7) is 7.80. The van der Waals surface area contributed by atoms with Gasteiger partial charge in [0.15, 0.2) is 5.13 Å². The molecule has 0 bridgehead atoms. The molecule has 0 aliphatic heterocycles. The number of rotatable bonds is 4. The molecule has 0 aliphatic rings. The minimum Gasteiger partial charge on any atom is -0.361 e. The van der Waals surface area contributed by atoms with Gasteiger partial charge in [0.05, 0.1) is 11.4 Å². The van der Waals surface area contributed by atoms with E-state index in [1.807, 2.05) is 5.38 Å². The lowest BCUT2D eigenvalue weighted by Crippen LogP contribution is -2.13. The van der Waals surface area contributed by atoms with Crippen molar-refractivity contribution in [2.45, 2.75) is 33.6 Å². The molecule has 1 N–H and O–H groups in total. The van der Waals surface area contributed by atoms with Crippen LogP contribution in [-0.2, 0) is 0 Å². The Morgan fingerprint density at radius 2 is 1.92 bits per heavy atom. The van der Waals surface area contributed by atoms with Gasteiger partial charge in [-0.2, -0.15) is 0 Å². The molecular formula is C18H19N3O2S. The lowest BCUT2D eigenvalue weighted by molar-refractivity contribution is 0.102. The fraction of sp³-hybridized carbons (Fsp3) is 0.278. The molecule has 6 heteroatoms. The van der Waals surface area contributed by atoms with E-state index >= 15 is 0 Å². The van der Waals surface area contributed by atoms with Crippen LogP contribution in [0.4, 0.5) is 5.13 Å². The second kappa shape index (κ2) is 6.57. The maximum Gasteiger partial charge on any atom is 0.262 e. The second-order valence-electron chi connectivity index (χ2n) is 5.97. The Bertz CT molecular complexity index is 843. The lowest BCUT2D eigenvalue weighted by atomic mass is 10.0. The standard InChI is InChI=1S/C18H19N3O2S/c1-10(2)13-5-7-14(8-6-13)15-9-24-18(19-15)20-17(22)16-11(3)21-23-12(16)4/h5-10H,1-4H3,(H,19,20,22). The number of amides is 1. The van der Waals surface area contributed by atoms with Crippen LogP contribution in [0.5, 0.6) is 0 Å². The summed E-state index contributed by atoms with van der Waals surface area (Å²) in [4.78, 5) is 16.8. The molecule has 1 amide bonds. The van der Waals surface area contributed by atoms with Crippen molar-refractivity contribution in [1.82, 2.24) is 10.1 Å². The molecular weight excluding hydrogens is 322 g/mol. The number of aryl methyl sites for hydroxylation is 2. The normalized spacial score (nSPS) is 11.0. The third-order valence-corrected chi connectivity index (χ3v) is 4.62. The summed E-state index contributed by atoms with van der Waals surface area (Å²) in [5.41, 5.74) is 4.22. The van der Waals surface area contributed by atoms with Crippen LogP contribution in [0.3, 0.4) is 0 Å². The van der Waals surface area contributed by atoms with Crippen molar-refractivity contribution < 1.29 is 9.32 Å². The Morgan fingerprint density at radius 3 is 2.50 bits per heavy atom. The average molecular weight is 341 g/mol. The van der Waals surface area contributed by atoms with Gasteiger partial charge in [-0.15, -0.1) is 11.3 Å². The zero-order chi connectivity index (χ0) is 17.3. The number of thiazole rings is 1. The van der Waals surface area contributed by atoms with E-state index < -0.39 is 0 Å². The van der Waals surface area contributed by atoms with Crippen molar-refractivity contribution in [3.63, 3.8) is 0 Å². The monoisotopic (exact) mass is 341 g/mol. The highest BCUT2D eigenvalue weighted by molar-refractivity contribution is 7.14. The number of benzene rings is 1. The van der Waals surface area contributed by atoms with Gasteiger partial charge in [0.1, 0.15) is 11.3 Å². The first-order chi connectivity index (χ1) is 11.5. The zero-order valence-electron chi connectivity index (χ0n) is 14.1. The van der Waals surface area contributed by atoms with Crippen LogP contribution >= 0.6 is 11.3 Å². The van der Waals surface area contributed by atoms with Gasteiger partial charge < -0.3 is 4.52 Å². The van der Waals surface area contributed by atoms with E-state index in [0.717, 1.165) is 11.3 Å². The zero-order valence-corrected chi connectivity index (χ0v) is 14.9. The van der Waals surface area contributed by atoms with Gasteiger partial charge >= 0.3 is 0 Å². The van der Waals surface area contributed by atoms with Crippen molar-refractivity contribution in [3.8, 4) is 11.3 Å². The van der Waals surface area contributed by atoms with Crippen molar-refractivity contribution in [3.05, 3.63) is 52.2 Å². The summed E-state index contributed by atoms with van der Waals surface area (Å²) in [7, 11) is 0. The highest BCUT2D eigenvalue weighted by Gasteiger charge is 2.18. The van der Waals surface area contributed by atoms with Crippen LogP contribution in [0, 0.1) is 13.8 Å². The Morgan fingerprint density at radius 1 is 1.21 bits per heavy atom. The first kappa shape index (κ1) is 16.4. The lowest BCUT2D eigenvalue weighted by Gasteiger charge is -2.05. The van der Waals surface area contributed by atoms with Crippen molar-refractivity contribution >= 4 is 22.4 Å². The molecule has 3 rings (SSSR count). The highest BCUT2D eigenvalue weighted by Crippen LogP contribution is 2.27. The van der Waals surface area contributed by atoms with E-state index in [0.29, 0.717) is 28.1 Å². The summed E-state index contributed by atoms with van der Waals surface area (Å²) >= 11 is 1.40. The number of nitrogens with one attached hydrogen (secondary N) is 1. The SMILES string of the molecule is Cc1noc(C)c1C(=O)Nc1nc(-c2ccc(C(C)C)cc2)cs1. The first-order valence-electron chi connectivity index (χ1n) is 7.75. The molecule has 124 valence electrons.